The molecule has 0 saturated heterocycles. The Morgan fingerprint density at radius 3 is 2.10 bits per heavy atom. The Morgan fingerprint density at radius 1 is 0.833 bits per heavy atom. The Labute approximate surface area is 183 Å². The van der Waals surface area contributed by atoms with Gasteiger partial charge in [0.25, 0.3) is 0 Å². The van der Waals surface area contributed by atoms with E-state index in [0.717, 1.165) is 6.42 Å². The largest absolute Gasteiger partial charge is 0.192 e. The lowest BCUT2D eigenvalue weighted by Crippen LogP contribution is -2.24. The molecule has 0 spiro atoms. The first-order chi connectivity index (χ1) is 14.8. The highest BCUT2D eigenvalue weighted by atomic mass is 14.3. The maximum absolute atomic E-state index is 9.03. The van der Waals surface area contributed by atoms with E-state index in [1.165, 1.54) is 74.5 Å². The van der Waals surface area contributed by atoms with E-state index in [0.29, 0.717) is 5.56 Å². The number of allylic oxidation sites excluding steroid dienone is 4. The molecular formula is C29H35N. The van der Waals surface area contributed by atoms with Crippen LogP contribution in [0.4, 0.5) is 0 Å². The summed E-state index contributed by atoms with van der Waals surface area (Å²) >= 11 is 0. The first kappa shape index (κ1) is 22.1. The van der Waals surface area contributed by atoms with Gasteiger partial charge in [-0.05, 0) is 41.7 Å². The van der Waals surface area contributed by atoms with Gasteiger partial charge in [-0.25, -0.2) is 0 Å². The van der Waals surface area contributed by atoms with Gasteiger partial charge in [0.05, 0.1) is 11.6 Å². The van der Waals surface area contributed by atoms with Crippen molar-refractivity contribution < 1.29 is 0 Å². The van der Waals surface area contributed by atoms with Gasteiger partial charge in [0.2, 0.25) is 0 Å². The second kappa shape index (κ2) is 11.6. The topological polar surface area (TPSA) is 23.8 Å². The van der Waals surface area contributed by atoms with E-state index in [1.54, 1.807) is 0 Å². The van der Waals surface area contributed by atoms with Gasteiger partial charge in [0, 0.05) is 5.41 Å². The van der Waals surface area contributed by atoms with Gasteiger partial charge >= 0.3 is 0 Å². The number of unbranched alkanes of at least 4 members (excludes halogenated alkanes) is 7. The molecule has 1 aliphatic carbocycles. The highest BCUT2D eigenvalue weighted by Crippen LogP contribution is 2.40. The van der Waals surface area contributed by atoms with E-state index >= 15 is 0 Å². The molecule has 0 heterocycles. The second-order valence-electron chi connectivity index (χ2n) is 8.63. The fourth-order valence-corrected chi connectivity index (χ4v) is 4.52. The van der Waals surface area contributed by atoms with Gasteiger partial charge in [-0.15, -0.1) is 0 Å². The predicted molar refractivity (Wildman–Crippen MR) is 128 cm³/mol. The Kier molecular flexibility index (Phi) is 8.52. The SMILES string of the molecule is CCCCCCCCCCC1(c2ccccc2)C=CC(c2ccc(C#N)cc2)=CC1. The van der Waals surface area contributed by atoms with Crippen LogP contribution < -0.4 is 0 Å². The smallest absolute Gasteiger partial charge is 0.0991 e. The van der Waals surface area contributed by atoms with Gasteiger partial charge in [-0.2, -0.15) is 5.26 Å². The molecule has 1 nitrogen and oxygen atoms in total. The quantitative estimate of drug-likeness (QED) is 0.349. The normalized spacial score (nSPS) is 18.1. The highest BCUT2D eigenvalue weighted by molar-refractivity contribution is 5.76. The summed E-state index contributed by atoms with van der Waals surface area (Å²) in [4.78, 5) is 0. The molecule has 0 bridgehead atoms. The van der Waals surface area contributed by atoms with Crippen molar-refractivity contribution in [2.45, 2.75) is 76.5 Å². The fraction of sp³-hybridized carbons (Fsp3) is 0.414. The van der Waals surface area contributed by atoms with E-state index in [4.69, 9.17) is 5.26 Å². The number of nitrogens with zero attached hydrogens (tertiary/aromatic N) is 1. The van der Waals surface area contributed by atoms with Crippen molar-refractivity contribution in [3.63, 3.8) is 0 Å². The van der Waals surface area contributed by atoms with Crippen molar-refractivity contribution in [2.24, 2.45) is 0 Å². The molecule has 0 fully saturated rings. The van der Waals surface area contributed by atoms with Crippen LogP contribution >= 0.6 is 0 Å². The fourth-order valence-electron chi connectivity index (χ4n) is 4.52. The summed E-state index contributed by atoms with van der Waals surface area (Å²) in [6, 6.07) is 21.1. The van der Waals surface area contributed by atoms with Crippen LogP contribution in [0.15, 0.2) is 72.8 Å². The molecule has 30 heavy (non-hydrogen) atoms. The Bertz CT molecular complexity index is 867. The van der Waals surface area contributed by atoms with E-state index in [-0.39, 0.29) is 5.41 Å². The van der Waals surface area contributed by atoms with Crippen molar-refractivity contribution in [3.05, 3.63) is 89.5 Å². The summed E-state index contributed by atoms with van der Waals surface area (Å²) in [6.45, 7) is 2.28. The molecule has 2 aromatic rings. The molecule has 1 aliphatic rings. The zero-order chi connectivity index (χ0) is 21.1. The van der Waals surface area contributed by atoms with E-state index in [1.807, 2.05) is 12.1 Å². The van der Waals surface area contributed by atoms with Gasteiger partial charge in [-0.1, -0.05) is 119 Å². The molecule has 1 atom stereocenters. The second-order valence-corrected chi connectivity index (χ2v) is 8.63. The zero-order valence-electron chi connectivity index (χ0n) is 18.4. The van der Waals surface area contributed by atoms with Crippen LogP contribution in [0, 0.1) is 11.3 Å². The average Bonchev–Trinajstić information content (AvgIpc) is 2.82. The number of hydrogen-bond acceptors (Lipinski definition) is 1. The van der Waals surface area contributed by atoms with Crippen LogP contribution in [0.3, 0.4) is 0 Å². The predicted octanol–water partition coefficient (Wildman–Crippen LogP) is 8.37. The lowest BCUT2D eigenvalue weighted by Gasteiger charge is -2.33. The first-order valence-electron chi connectivity index (χ1n) is 11.7. The van der Waals surface area contributed by atoms with E-state index in [2.05, 4.69) is 73.7 Å². The van der Waals surface area contributed by atoms with Crippen LogP contribution in [0.5, 0.6) is 0 Å². The van der Waals surface area contributed by atoms with Crippen LogP contribution in [0.1, 0.15) is 87.8 Å². The van der Waals surface area contributed by atoms with E-state index < -0.39 is 0 Å². The summed E-state index contributed by atoms with van der Waals surface area (Å²) in [5.41, 5.74) is 4.72. The Morgan fingerprint density at radius 2 is 1.50 bits per heavy atom. The standard InChI is InChI=1S/C29H35N/c1-2-3-4-5-6-7-8-12-21-29(28-13-10-9-11-14-28)22-19-27(20-23-29)26-17-15-25(24-30)16-18-26/h9-11,13-20,22H,2-8,12,21,23H2,1H3. The van der Waals surface area contributed by atoms with Crippen molar-refractivity contribution in [1.82, 2.24) is 0 Å². The summed E-state index contributed by atoms with van der Waals surface area (Å²) in [5, 5.41) is 9.03. The molecule has 0 radical (unpaired) electrons. The summed E-state index contributed by atoms with van der Waals surface area (Å²) in [6.07, 6.45) is 20.2. The molecule has 0 amide bonds. The molecule has 0 saturated carbocycles. The van der Waals surface area contributed by atoms with Crippen molar-refractivity contribution in [1.29, 1.82) is 5.26 Å². The first-order valence-corrected chi connectivity index (χ1v) is 11.7. The maximum Gasteiger partial charge on any atom is 0.0991 e. The maximum atomic E-state index is 9.03. The number of benzene rings is 2. The third-order valence-corrected chi connectivity index (χ3v) is 6.44. The van der Waals surface area contributed by atoms with Gasteiger partial charge in [0.1, 0.15) is 0 Å². The average molecular weight is 398 g/mol. The molecule has 0 aliphatic heterocycles. The number of nitriles is 1. The molecule has 3 rings (SSSR count). The van der Waals surface area contributed by atoms with Crippen molar-refractivity contribution >= 4 is 5.57 Å². The summed E-state index contributed by atoms with van der Waals surface area (Å²) in [7, 11) is 0. The molecule has 1 heteroatoms. The molecule has 0 N–H and O–H groups in total. The number of rotatable bonds is 11. The third kappa shape index (κ3) is 5.96. The zero-order valence-corrected chi connectivity index (χ0v) is 18.4. The van der Waals surface area contributed by atoms with Gasteiger partial charge in [0.15, 0.2) is 0 Å². The Balaban J connectivity index is 1.62. The summed E-state index contributed by atoms with van der Waals surface area (Å²) in [5.74, 6) is 0. The minimum Gasteiger partial charge on any atom is -0.192 e. The Hall–Kier alpha value is -2.59. The monoisotopic (exact) mass is 397 g/mol. The minimum atomic E-state index is 0.111. The van der Waals surface area contributed by atoms with Crippen LogP contribution in [0.2, 0.25) is 0 Å². The van der Waals surface area contributed by atoms with Crippen LogP contribution in [-0.2, 0) is 5.41 Å². The molecular weight excluding hydrogens is 362 g/mol. The van der Waals surface area contributed by atoms with Crippen molar-refractivity contribution in [3.8, 4) is 6.07 Å². The molecule has 2 aromatic carbocycles. The highest BCUT2D eigenvalue weighted by Gasteiger charge is 2.30. The van der Waals surface area contributed by atoms with Crippen LogP contribution in [0.25, 0.3) is 5.57 Å². The minimum absolute atomic E-state index is 0.111. The lowest BCUT2D eigenvalue weighted by molar-refractivity contribution is 0.452. The third-order valence-electron chi connectivity index (χ3n) is 6.44. The number of hydrogen-bond donors (Lipinski definition) is 0. The van der Waals surface area contributed by atoms with Gasteiger partial charge in [-0.3, -0.25) is 0 Å². The van der Waals surface area contributed by atoms with Crippen LogP contribution in [-0.4, -0.2) is 0 Å². The molecule has 0 aromatic heterocycles. The van der Waals surface area contributed by atoms with E-state index in [9.17, 15) is 0 Å². The van der Waals surface area contributed by atoms with Gasteiger partial charge < -0.3 is 0 Å². The molecule has 1 unspecified atom stereocenters. The lowest BCUT2D eigenvalue weighted by atomic mass is 9.70. The van der Waals surface area contributed by atoms with Crippen molar-refractivity contribution in [2.75, 3.05) is 0 Å². The molecule has 156 valence electrons. The summed E-state index contributed by atoms with van der Waals surface area (Å²) < 4.78 is 0.